The van der Waals surface area contributed by atoms with Gasteiger partial charge in [0.2, 0.25) is 0 Å². The Bertz CT molecular complexity index is 1240. The standard InChI is InChI=1S/C24H17BrCl2N4/c1-15(18-9-12-20(26)21(27)13-18)30-31-23-14-22(16-5-3-2-4-6-16)28-24(29-23)17-7-10-19(25)11-8-17/h2-14H,1H3,(H,28,29,31)/b30-15+. The van der Waals surface area contributed by atoms with Crippen molar-refractivity contribution in [2.24, 2.45) is 5.10 Å². The molecule has 0 aliphatic carbocycles. The third-order valence-corrected chi connectivity index (χ3v) is 5.84. The topological polar surface area (TPSA) is 50.2 Å². The van der Waals surface area contributed by atoms with Gasteiger partial charge in [0.15, 0.2) is 11.6 Å². The van der Waals surface area contributed by atoms with Gasteiger partial charge in [-0.1, -0.05) is 87.7 Å². The molecule has 4 nitrogen and oxygen atoms in total. The van der Waals surface area contributed by atoms with Crippen LogP contribution in [-0.2, 0) is 0 Å². The molecule has 0 saturated heterocycles. The first kappa shape index (κ1) is 21.5. The molecule has 4 rings (SSSR count). The van der Waals surface area contributed by atoms with E-state index < -0.39 is 0 Å². The number of aromatic nitrogens is 2. The molecule has 0 spiro atoms. The average molecular weight is 512 g/mol. The normalized spacial score (nSPS) is 11.4. The molecule has 0 saturated carbocycles. The fourth-order valence-corrected chi connectivity index (χ4v) is 3.48. The maximum Gasteiger partial charge on any atom is 0.162 e. The van der Waals surface area contributed by atoms with Gasteiger partial charge >= 0.3 is 0 Å². The van der Waals surface area contributed by atoms with E-state index in [2.05, 4.69) is 31.4 Å². The Balaban J connectivity index is 1.71. The summed E-state index contributed by atoms with van der Waals surface area (Å²) < 4.78 is 0.996. The van der Waals surface area contributed by atoms with E-state index in [0.29, 0.717) is 21.7 Å². The summed E-state index contributed by atoms with van der Waals surface area (Å²) in [6.45, 7) is 1.89. The lowest BCUT2D eigenvalue weighted by Gasteiger charge is -2.09. The Labute approximate surface area is 199 Å². The monoisotopic (exact) mass is 510 g/mol. The van der Waals surface area contributed by atoms with Crippen LogP contribution >= 0.6 is 39.1 Å². The molecule has 1 N–H and O–H groups in total. The van der Waals surface area contributed by atoms with Crippen molar-refractivity contribution in [3.05, 3.63) is 98.9 Å². The Morgan fingerprint density at radius 1 is 0.839 bits per heavy atom. The van der Waals surface area contributed by atoms with Gasteiger partial charge in [-0.15, -0.1) is 0 Å². The molecule has 1 aromatic heterocycles. The van der Waals surface area contributed by atoms with Crippen molar-refractivity contribution in [1.29, 1.82) is 0 Å². The largest absolute Gasteiger partial charge is 0.261 e. The summed E-state index contributed by atoms with van der Waals surface area (Å²) >= 11 is 15.6. The van der Waals surface area contributed by atoms with Crippen molar-refractivity contribution < 1.29 is 0 Å². The summed E-state index contributed by atoms with van der Waals surface area (Å²) in [5, 5.41) is 5.48. The number of hydrogen-bond acceptors (Lipinski definition) is 4. The summed E-state index contributed by atoms with van der Waals surface area (Å²) in [5.41, 5.74) is 7.39. The van der Waals surface area contributed by atoms with E-state index in [0.717, 1.165) is 32.6 Å². The van der Waals surface area contributed by atoms with Crippen LogP contribution in [0, 0.1) is 0 Å². The molecule has 154 valence electrons. The third kappa shape index (κ3) is 5.31. The molecule has 0 atom stereocenters. The number of nitrogens with zero attached hydrogens (tertiary/aromatic N) is 3. The van der Waals surface area contributed by atoms with E-state index in [1.54, 1.807) is 12.1 Å². The first-order chi connectivity index (χ1) is 15.0. The average Bonchev–Trinajstić information content (AvgIpc) is 2.80. The zero-order valence-corrected chi connectivity index (χ0v) is 19.6. The fraction of sp³-hybridized carbons (Fsp3) is 0.0417. The Hall–Kier alpha value is -2.73. The van der Waals surface area contributed by atoms with Gasteiger partial charge < -0.3 is 0 Å². The van der Waals surface area contributed by atoms with Gasteiger partial charge in [-0.25, -0.2) is 9.97 Å². The summed E-state index contributed by atoms with van der Waals surface area (Å²) in [6, 6.07) is 25.1. The first-order valence-electron chi connectivity index (χ1n) is 9.46. The molecular formula is C24H17BrCl2N4. The fourth-order valence-electron chi connectivity index (χ4n) is 2.92. The lowest BCUT2D eigenvalue weighted by atomic mass is 10.1. The maximum absolute atomic E-state index is 6.13. The molecule has 0 bridgehead atoms. The third-order valence-electron chi connectivity index (χ3n) is 4.57. The SMILES string of the molecule is C/C(=N\Nc1cc(-c2ccccc2)nc(-c2ccc(Br)cc2)n1)c1ccc(Cl)c(Cl)c1. The number of rotatable bonds is 5. The number of nitrogens with one attached hydrogen (secondary N) is 1. The Kier molecular flexibility index (Phi) is 6.66. The maximum atomic E-state index is 6.13. The number of halogens is 3. The van der Waals surface area contributed by atoms with E-state index in [9.17, 15) is 0 Å². The first-order valence-corrected chi connectivity index (χ1v) is 11.0. The van der Waals surface area contributed by atoms with Gasteiger partial charge in [0.05, 0.1) is 21.5 Å². The van der Waals surface area contributed by atoms with Crippen molar-refractivity contribution in [1.82, 2.24) is 9.97 Å². The van der Waals surface area contributed by atoms with Crippen molar-refractivity contribution in [2.45, 2.75) is 6.92 Å². The van der Waals surface area contributed by atoms with Crippen molar-refractivity contribution in [2.75, 3.05) is 5.43 Å². The lowest BCUT2D eigenvalue weighted by molar-refractivity contribution is 1.15. The summed E-state index contributed by atoms with van der Waals surface area (Å²) in [6.07, 6.45) is 0. The van der Waals surface area contributed by atoms with Gasteiger partial charge in [-0.05, 0) is 36.8 Å². The molecule has 4 aromatic rings. The quantitative estimate of drug-likeness (QED) is 0.220. The molecule has 7 heteroatoms. The molecule has 1 heterocycles. The highest BCUT2D eigenvalue weighted by Gasteiger charge is 2.09. The summed E-state index contributed by atoms with van der Waals surface area (Å²) in [7, 11) is 0. The zero-order chi connectivity index (χ0) is 21.8. The van der Waals surface area contributed by atoms with E-state index in [-0.39, 0.29) is 0 Å². The van der Waals surface area contributed by atoms with Gasteiger partial charge in [0.25, 0.3) is 0 Å². The summed E-state index contributed by atoms with van der Waals surface area (Å²) in [5.74, 6) is 1.20. The van der Waals surface area contributed by atoms with Crippen LogP contribution in [0.25, 0.3) is 22.6 Å². The Morgan fingerprint density at radius 3 is 2.29 bits per heavy atom. The zero-order valence-electron chi connectivity index (χ0n) is 16.5. The molecule has 0 aliphatic rings. The lowest BCUT2D eigenvalue weighted by Crippen LogP contribution is -2.03. The molecule has 31 heavy (non-hydrogen) atoms. The minimum atomic E-state index is 0.486. The molecule has 0 amide bonds. The van der Waals surface area contributed by atoms with Crippen molar-refractivity contribution in [3.8, 4) is 22.6 Å². The molecule has 0 fully saturated rings. The number of benzene rings is 3. The van der Waals surface area contributed by atoms with Crippen LogP contribution in [0.3, 0.4) is 0 Å². The second-order valence-corrected chi connectivity index (χ2v) is 8.50. The predicted molar refractivity (Wildman–Crippen MR) is 133 cm³/mol. The van der Waals surface area contributed by atoms with Gasteiger partial charge in [-0.3, -0.25) is 5.43 Å². The second kappa shape index (κ2) is 9.60. The number of hydrazone groups is 1. The Morgan fingerprint density at radius 2 is 1.58 bits per heavy atom. The highest BCUT2D eigenvalue weighted by Crippen LogP contribution is 2.26. The highest BCUT2D eigenvalue weighted by molar-refractivity contribution is 9.10. The molecule has 0 aliphatic heterocycles. The van der Waals surface area contributed by atoms with E-state index >= 15 is 0 Å². The highest BCUT2D eigenvalue weighted by atomic mass is 79.9. The van der Waals surface area contributed by atoms with Gasteiger partial charge in [0.1, 0.15) is 0 Å². The van der Waals surface area contributed by atoms with Crippen LogP contribution in [-0.4, -0.2) is 15.7 Å². The van der Waals surface area contributed by atoms with Crippen LogP contribution in [0.2, 0.25) is 10.0 Å². The van der Waals surface area contributed by atoms with Crippen LogP contribution in [0.15, 0.2) is 88.4 Å². The summed E-state index contributed by atoms with van der Waals surface area (Å²) in [4.78, 5) is 9.43. The van der Waals surface area contributed by atoms with Crippen molar-refractivity contribution in [3.63, 3.8) is 0 Å². The van der Waals surface area contributed by atoms with Gasteiger partial charge in [0, 0.05) is 21.7 Å². The number of hydrogen-bond donors (Lipinski definition) is 1. The molecule has 0 unspecified atom stereocenters. The van der Waals surface area contributed by atoms with Crippen LogP contribution in [0.1, 0.15) is 12.5 Å². The van der Waals surface area contributed by atoms with Crippen LogP contribution in [0.4, 0.5) is 5.82 Å². The van der Waals surface area contributed by atoms with E-state index in [4.69, 9.17) is 28.2 Å². The minimum absolute atomic E-state index is 0.486. The van der Waals surface area contributed by atoms with E-state index in [1.807, 2.05) is 73.7 Å². The van der Waals surface area contributed by atoms with Gasteiger partial charge in [-0.2, -0.15) is 5.10 Å². The predicted octanol–water partition coefficient (Wildman–Crippen LogP) is 7.72. The van der Waals surface area contributed by atoms with Crippen LogP contribution < -0.4 is 5.43 Å². The molecule has 3 aromatic carbocycles. The molecular weight excluding hydrogens is 495 g/mol. The molecule has 0 radical (unpaired) electrons. The van der Waals surface area contributed by atoms with Crippen LogP contribution in [0.5, 0.6) is 0 Å². The minimum Gasteiger partial charge on any atom is -0.261 e. The van der Waals surface area contributed by atoms with Crippen molar-refractivity contribution >= 4 is 50.7 Å². The number of anilines is 1. The smallest absolute Gasteiger partial charge is 0.162 e. The van der Waals surface area contributed by atoms with E-state index in [1.165, 1.54) is 0 Å². The second-order valence-electron chi connectivity index (χ2n) is 6.77.